The molecule has 0 spiro atoms. The first-order valence-electron chi connectivity index (χ1n) is 8.19. The number of H-pyrrole nitrogens is 1. The Balaban J connectivity index is 1.75. The molecule has 0 radical (unpaired) electrons. The smallest absolute Gasteiger partial charge is 0.154 e. The Morgan fingerprint density at radius 3 is 3.12 bits per heavy atom. The quantitative estimate of drug-likeness (QED) is 0.753. The zero-order valence-electron chi connectivity index (χ0n) is 13.5. The van der Waals surface area contributed by atoms with Gasteiger partial charge in [0.2, 0.25) is 0 Å². The molecule has 1 aliphatic carbocycles. The van der Waals surface area contributed by atoms with E-state index in [0.29, 0.717) is 36.3 Å². The van der Waals surface area contributed by atoms with Gasteiger partial charge in [-0.3, -0.25) is 9.48 Å². The normalized spacial score (nSPS) is 18.5. The summed E-state index contributed by atoms with van der Waals surface area (Å²) in [6, 6.07) is 3.94. The first-order valence-corrected chi connectivity index (χ1v) is 8.19. The van der Waals surface area contributed by atoms with Crippen LogP contribution in [0.5, 0.6) is 0 Å². The molecule has 0 bridgehead atoms. The van der Waals surface area contributed by atoms with Gasteiger partial charge in [-0.25, -0.2) is 9.97 Å². The van der Waals surface area contributed by atoms with Gasteiger partial charge in [0, 0.05) is 30.6 Å². The maximum Gasteiger partial charge on any atom is 0.154 e. The minimum absolute atomic E-state index is 0.122. The van der Waals surface area contributed by atoms with Crippen LogP contribution in [0.25, 0.3) is 22.3 Å². The van der Waals surface area contributed by atoms with E-state index in [1.165, 1.54) is 6.33 Å². The number of nitriles is 1. The third kappa shape index (κ3) is 2.63. The molecule has 3 aromatic rings. The van der Waals surface area contributed by atoms with Gasteiger partial charge >= 0.3 is 0 Å². The van der Waals surface area contributed by atoms with E-state index >= 15 is 0 Å². The highest BCUT2D eigenvalue weighted by Crippen LogP contribution is 2.36. The van der Waals surface area contributed by atoms with Gasteiger partial charge in [0.05, 0.1) is 29.8 Å². The van der Waals surface area contributed by atoms with Gasteiger partial charge in [-0.15, -0.1) is 0 Å². The van der Waals surface area contributed by atoms with Crippen molar-refractivity contribution in [2.24, 2.45) is 5.92 Å². The average molecular weight is 335 g/mol. The summed E-state index contributed by atoms with van der Waals surface area (Å²) in [4.78, 5) is 23.2. The molecule has 0 amide bonds. The second-order valence-electron chi connectivity index (χ2n) is 6.34. The molecule has 8 heteroatoms. The van der Waals surface area contributed by atoms with E-state index in [1.807, 2.05) is 12.3 Å². The molecule has 2 unspecified atom stereocenters. The van der Waals surface area contributed by atoms with E-state index in [9.17, 15) is 10.1 Å². The van der Waals surface area contributed by atoms with Crippen LogP contribution in [0.15, 0.2) is 24.8 Å². The molecular formula is C17H17N7O. The summed E-state index contributed by atoms with van der Waals surface area (Å²) in [6.07, 6.45) is 7.26. The number of aromatic amines is 1. The minimum atomic E-state index is -0.156. The number of ketones is 1. The fraction of sp³-hybridized carbons (Fsp3) is 0.353. The number of hydrogen-bond donors (Lipinski definition) is 2. The molecule has 126 valence electrons. The highest BCUT2D eigenvalue weighted by molar-refractivity contribution is 5.92. The Morgan fingerprint density at radius 2 is 2.36 bits per heavy atom. The Kier molecular flexibility index (Phi) is 3.69. The number of Topliss-reactive ketones (excluding diaryl/α,β-unsaturated/α-hetero) is 1. The second-order valence-corrected chi connectivity index (χ2v) is 6.34. The fourth-order valence-electron chi connectivity index (χ4n) is 3.59. The van der Waals surface area contributed by atoms with Gasteiger partial charge < -0.3 is 10.7 Å². The maximum absolute atomic E-state index is 11.6. The summed E-state index contributed by atoms with van der Waals surface area (Å²) in [5, 5.41) is 14.5. The minimum Gasteiger partial charge on any atom is -0.382 e. The molecule has 3 aromatic heterocycles. The van der Waals surface area contributed by atoms with E-state index in [1.54, 1.807) is 10.9 Å². The van der Waals surface area contributed by atoms with Crippen LogP contribution >= 0.6 is 0 Å². The van der Waals surface area contributed by atoms with Crippen LogP contribution in [-0.4, -0.2) is 30.5 Å². The number of nitrogens with two attached hydrogens (primary N) is 1. The third-order valence-corrected chi connectivity index (χ3v) is 4.84. The van der Waals surface area contributed by atoms with Gasteiger partial charge in [0.25, 0.3) is 0 Å². The van der Waals surface area contributed by atoms with Crippen molar-refractivity contribution >= 4 is 22.6 Å². The first kappa shape index (κ1) is 15.3. The standard InChI is InChI=1S/C17H17N7O/c18-5-3-14(10-1-2-11(25)7-10)24-8-13(16(19)23-24)15-12-4-6-20-17(12)22-9-21-15/h4,6,8-10,14H,1-3,7H2,(H2,19,23)(H,20,21,22). The summed E-state index contributed by atoms with van der Waals surface area (Å²) in [6.45, 7) is 0. The molecule has 1 fully saturated rings. The third-order valence-electron chi connectivity index (χ3n) is 4.84. The number of aromatic nitrogens is 5. The highest BCUT2D eigenvalue weighted by atomic mass is 16.1. The van der Waals surface area contributed by atoms with Crippen LogP contribution in [0, 0.1) is 17.2 Å². The second kappa shape index (κ2) is 6.02. The predicted octanol–water partition coefficient (Wildman–Crippen LogP) is 2.23. The predicted molar refractivity (Wildman–Crippen MR) is 91.1 cm³/mol. The van der Waals surface area contributed by atoms with E-state index in [-0.39, 0.29) is 17.7 Å². The summed E-state index contributed by atoms with van der Waals surface area (Å²) in [5.74, 6) is 0.726. The first-order chi connectivity index (χ1) is 12.2. The van der Waals surface area contributed by atoms with Crippen molar-refractivity contribution in [3.05, 3.63) is 24.8 Å². The number of hydrogen-bond acceptors (Lipinski definition) is 6. The van der Waals surface area contributed by atoms with Crippen molar-refractivity contribution in [3.63, 3.8) is 0 Å². The number of rotatable bonds is 4. The number of anilines is 1. The number of nitrogen functional groups attached to an aromatic ring is 1. The Bertz CT molecular complexity index is 980. The van der Waals surface area contributed by atoms with E-state index in [4.69, 9.17) is 5.73 Å². The largest absolute Gasteiger partial charge is 0.382 e. The highest BCUT2D eigenvalue weighted by Gasteiger charge is 2.32. The topological polar surface area (TPSA) is 126 Å². The van der Waals surface area contributed by atoms with E-state index < -0.39 is 0 Å². The van der Waals surface area contributed by atoms with Crippen LogP contribution in [0.4, 0.5) is 5.82 Å². The van der Waals surface area contributed by atoms with Gasteiger partial charge in [-0.2, -0.15) is 10.4 Å². The molecule has 1 aliphatic rings. The average Bonchev–Trinajstić information content (AvgIpc) is 3.32. The lowest BCUT2D eigenvalue weighted by Crippen LogP contribution is -2.18. The van der Waals surface area contributed by atoms with E-state index in [0.717, 1.165) is 17.5 Å². The summed E-state index contributed by atoms with van der Waals surface area (Å²) < 4.78 is 1.73. The summed E-state index contributed by atoms with van der Waals surface area (Å²) >= 11 is 0. The molecule has 0 aromatic carbocycles. The lowest BCUT2D eigenvalue weighted by Gasteiger charge is -2.20. The molecule has 25 heavy (non-hydrogen) atoms. The number of carbonyl (C=O) groups is 1. The number of carbonyl (C=O) groups excluding carboxylic acids is 1. The van der Waals surface area contributed by atoms with Crippen LogP contribution in [-0.2, 0) is 4.79 Å². The van der Waals surface area contributed by atoms with Gasteiger partial charge in [-0.1, -0.05) is 0 Å². The number of fused-ring (bicyclic) bond motifs is 1. The van der Waals surface area contributed by atoms with Gasteiger partial charge in [-0.05, 0) is 18.4 Å². The summed E-state index contributed by atoms with van der Waals surface area (Å²) in [7, 11) is 0. The zero-order valence-corrected chi connectivity index (χ0v) is 13.5. The molecule has 3 heterocycles. The molecule has 4 rings (SSSR count). The molecule has 3 N–H and O–H groups in total. The summed E-state index contributed by atoms with van der Waals surface area (Å²) in [5.41, 5.74) is 8.28. The van der Waals surface area contributed by atoms with Gasteiger partial charge in [0.15, 0.2) is 5.82 Å². The number of nitrogens with one attached hydrogen (secondary N) is 1. The van der Waals surface area contributed by atoms with Gasteiger partial charge in [0.1, 0.15) is 17.8 Å². The fourth-order valence-corrected chi connectivity index (χ4v) is 3.59. The van der Waals surface area contributed by atoms with Crippen LogP contribution in [0.1, 0.15) is 31.7 Å². The Morgan fingerprint density at radius 1 is 1.48 bits per heavy atom. The van der Waals surface area contributed by atoms with E-state index in [2.05, 4.69) is 26.1 Å². The zero-order chi connectivity index (χ0) is 17.4. The number of nitrogens with zero attached hydrogens (tertiary/aromatic N) is 5. The van der Waals surface area contributed by atoms with Crippen molar-refractivity contribution in [2.45, 2.75) is 31.7 Å². The lowest BCUT2D eigenvalue weighted by molar-refractivity contribution is -0.117. The van der Waals surface area contributed by atoms with Crippen LogP contribution in [0.2, 0.25) is 0 Å². The molecule has 8 nitrogen and oxygen atoms in total. The molecule has 0 aliphatic heterocycles. The monoisotopic (exact) mass is 335 g/mol. The lowest BCUT2D eigenvalue weighted by atomic mass is 9.96. The Labute approximate surface area is 143 Å². The van der Waals surface area contributed by atoms with Crippen molar-refractivity contribution in [3.8, 4) is 17.3 Å². The van der Waals surface area contributed by atoms with Crippen molar-refractivity contribution in [1.82, 2.24) is 24.7 Å². The SMILES string of the molecule is N#CCC(C1CCC(=O)C1)n1cc(-c2ncnc3[nH]ccc23)c(N)n1. The van der Waals surface area contributed by atoms with Crippen LogP contribution in [0.3, 0.4) is 0 Å². The van der Waals surface area contributed by atoms with Crippen molar-refractivity contribution in [2.75, 3.05) is 5.73 Å². The molecular weight excluding hydrogens is 318 g/mol. The maximum atomic E-state index is 11.6. The van der Waals surface area contributed by atoms with Crippen LogP contribution < -0.4 is 5.73 Å². The van der Waals surface area contributed by atoms with Crippen molar-refractivity contribution in [1.29, 1.82) is 5.26 Å². The Hall–Kier alpha value is -3.21. The molecule has 1 saturated carbocycles. The molecule has 0 saturated heterocycles. The molecule has 2 atom stereocenters. The van der Waals surface area contributed by atoms with Crippen molar-refractivity contribution < 1.29 is 4.79 Å².